The monoisotopic (exact) mass is 590 g/mol. The van der Waals surface area contributed by atoms with Gasteiger partial charge < -0.3 is 9.13 Å². The zero-order chi connectivity index (χ0) is 29.5. The van der Waals surface area contributed by atoms with Crippen LogP contribution in [0.4, 0.5) is 0 Å². The Kier molecular flexibility index (Phi) is 5.19. The van der Waals surface area contributed by atoms with Gasteiger partial charge in [-0.3, -0.25) is 0 Å². The highest BCUT2D eigenvalue weighted by molar-refractivity contribution is 7.26. The zero-order valence-corrected chi connectivity index (χ0v) is 25.1. The molecule has 10 rings (SSSR count). The van der Waals surface area contributed by atoms with Gasteiger partial charge in [-0.25, -0.2) is 0 Å². The molecule has 0 saturated heterocycles. The number of hydrogen-bond acceptors (Lipinski definition) is 1. The van der Waals surface area contributed by atoms with E-state index in [1.807, 2.05) is 11.3 Å². The molecule has 10 aromatic rings. The van der Waals surface area contributed by atoms with Crippen LogP contribution in [0, 0.1) is 0 Å². The van der Waals surface area contributed by atoms with Gasteiger partial charge in [-0.05, 0) is 65.7 Å². The van der Waals surface area contributed by atoms with Crippen LogP contribution in [0.5, 0.6) is 0 Å². The lowest BCUT2D eigenvalue weighted by Crippen LogP contribution is -1.95. The van der Waals surface area contributed by atoms with Crippen LogP contribution in [-0.4, -0.2) is 9.13 Å². The normalized spacial score (nSPS) is 12.0. The lowest BCUT2D eigenvalue weighted by molar-refractivity contribution is 1.17. The van der Waals surface area contributed by atoms with Gasteiger partial charge in [0.1, 0.15) is 0 Å². The molecule has 0 aliphatic heterocycles. The first kappa shape index (κ1) is 24.8. The number of para-hydroxylation sites is 3. The Labute approximate surface area is 263 Å². The molecule has 0 fully saturated rings. The summed E-state index contributed by atoms with van der Waals surface area (Å²) in [6.45, 7) is 0. The van der Waals surface area contributed by atoms with E-state index >= 15 is 0 Å². The lowest BCUT2D eigenvalue weighted by atomic mass is 10.00. The smallest absolute Gasteiger partial charge is 0.0641 e. The molecule has 2 nitrogen and oxygen atoms in total. The minimum absolute atomic E-state index is 1.17. The van der Waals surface area contributed by atoms with Gasteiger partial charge in [-0.1, -0.05) is 103 Å². The molecule has 7 aromatic carbocycles. The van der Waals surface area contributed by atoms with Crippen LogP contribution in [0.25, 0.3) is 86.3 Å². The van der Waals surface area contributed by atoms with Crippen molar-refractivity contribution < 1.29 is 0 Å². The maximum Gasteiger partial charge on any atom is 0.0641 e. The van der Waals surface area contributed by atoms with Crippen LogP contribution in [0.2, 0.25) is 0 Å². The molecule has 0 amide bonds. The average molecular weight is 591 g/mol. The summed E-state index contributed by atoms with van der Waals surface area (Å²) in [7, 11) is 0. The minimum atomic E-state index is 1.17. The van der Waals surface area contributed by atoms with E-state index in [0.29, 0.717) is 0 Å². The average Bonchev–Trinajstić information content (AvgIpc) is 3.76. The van der Waals surface area contributed by atoms with Gasteiger partial charge in [0.25, 0.3) is 0 Å². The molecule has 3 aromatic heterocycles. The molecule has 3 heteroatoms. The Balaban J connectivity index is 1.38. The van der Waals surface area contributed by atoms with Crippen LogP contribution in [-0.2, 0) is 0 Å². The van der Waals surface area contributed by atoms with Crippen molar-refractivity contribution in [1.82, 2.24) is 9.13 Å². The molecular formula is C42H26N2S. The van der Waals surface area contributed by atoms with Crippen molar-refractivity contribution in [3.05, 3.63) is 158 Å². The second-order valence-electron chi connectivity index (χ2n) is 11.7. The van der Waals surface area contributed by atoms with Crippen LogP contribution < -0.4 is 0 Å². The quantitative estimate of drug-likeness (QED) is 0.194. The van der Waals surface area contributed by atoms with Crippen molar-refractivity contribution in [1.29, 1.82) is 0 Å². The minimum Gasteiger partial charge on any atom is -0.309 e. The van der Waals surface area contributed by atoms with E-state index in [1.54, 1.807) is 0 Å². The summed E-state index contributed by atoms with van der Waals surface area (Å²) < 4.78 is 7.56. The molecule has 0 aliphatic carbocycles. The zero-order valence-electron chi connectivity index (χ0n) is 24.3. The lowest BCUT2D eigenvalue weighted by Gasteiger charge is -2.09. The summed E-state index contributed by atoms with van der Waals surface area (Å²) in [6.07, 6.45) is 0. The van der Waals surface area contributed by atoms with Gasteiger partial charge in [0.05, 0.1) is 22.1 Å². The number of aromatic nitrogens is 2. The summed E-state index contributed by atoms with van der Waals surface area (Å²) in [4.78, 5) is 0. The number of hydrogen-bond donors (Lipinski definition) is 0. The predicted octanol–water partition coefficient (Wildman–Crippen LogP) is 11.9. The summed E-state index contributed by atoms with van der Waals surface area (Å²) >= 11 is 1.89. The molecule has 210 valence electrons. The number of thiophene rings is 1. The fourth-order valence-electron chi connectivity index (χ4n) is 7.40. The molecule has 0 N–H and O–H groups in total. The molecule has 0 aliphatic rings. The maximum absolute atomic E-state index is 2.46. The SMILES string of the molecule is c1ccc(-n2c3ccc(-c4cccc5c4sc4ccccc45)cc3c3c2ccc2c4ccccc4n(-c4ccccc4)c23)cc1. The second-order valence-corrected chi connectivity index (χ2v) is 12.8. The van der Waals surface area contributed by atoms with Gasteiger partial charge in [0.2, 0.25) is 0 Å². The Bertz CT molecular complexity index is 2740. The molecule has 0 bridgehead atoms. The Hall–Kier alpha value is -5.64. The van der Waals surface area contributed by atoms with Crippen molar-refractivity contribution in [2.45, 2.75) is 0 Å². The third-order valence-corrected chi connectivity index (χ3v) is 10.5. The Morgan fingerprint density at radius 2 is 1.04 bits per heavy atom. The van der Waals surface area contributed by atoms with Crippen LogP contribution in [0.1, 0.15) is 0 Å². The molecule has 0 radical (unpaired) electrons. The van der Waals surface area contributed by atoms with Crippen LogP contribution in [0.15, 0.2) is 158 Å². The largest absolute Gasteiger partial charge is 0.309 e. The molecular weight excluding hydrogens is 565 g/mol. The highest BCUT2D eigenvalue weighted by Crippen LogP contribution is 2.45. The summed E-state index contributed by atoms with van der Waals surface area (Å²) in [5.74, 6) is 0. The Morgan fingerprint density at radius 1 is 0.400 bits per heavy atom. The van der Waals surface area contributed by atoms with Gasteiger partial charge in [-0.15, -0.1) is 11.3 Å². The number of nitrogens with zero attached hydrogens (tertiary/aromatic N) is 2. The van der Waals surface area contributed by atoms with Crippen LogP contribution in [0.3, 0.4) is 0 Å². The Morgan fingerprint density at radius 3 is 1.87 bits per heavy atom. The number of fused-ring (bicyclic) bond motifs is 10. The topological polar surface area (TPSA) is 9.86 Å². The van der Waals surface area contributed by atoms with E-state index in [1.165, 1.54) is 86.3 Å². The van der Waals surface area contributed by atoms with E-state index in [2.05, 4.69) is 167 Å². The fraction of sp³-hybridized carbons (Fsp3) is 0. The van der Waals surface area contributed by atoms with Crippen molar-refractivity contribution in [2.75, 3.05) is 0 Å². The van der Waals surface area contributed by atoms with E-state index in [0.717, 1.165) is 0 Å². The molecule has 45 heavy (non-hydrogen) atoms. The van der Waals surface area contributed by atoms with Crippen molar-refractivity contribution in [3.63, 3.8) is 0 Å². The van der Waals surface area contributed by atoms with Gasteiger partial charge in [0, 0.05) is 53.1 Å². The van der Waals surface area contributed by atoms with Gasteiger partial charge in [-0.2, -0.15) is 0 Å². The standard InChI is InChI=1S/C42H26N2S/c1-3-12-28(13-4-1)43-37-24-22-27(30-18-11-19-34-32-17-8-10-21-39(32)45-42(30)34)26-35(37)40-38(43)25-23-33-31-16-7-9-20-36(31)44(41(33)40)29-14-5-2-6-15-29/h1-26H. The number of benzene rings is 7. The molecule has 3 heterocycles. The van der Waals surface area contributed by atoms with Crippen molar-refractivity contribution in [3.8, 4) is 22.5 Å². The molecule has 0 saturated carbocycles. The first-order valence-electron chi connectivity index (χ1n) is 15.4. The van der Waals surface area contributed by atoms with E-state index in [4.69, 9.17) is 0 Å². The summed E-state index contributed by atoms with van der Waals surface area (Å²) in [6, 6.07) is 57.6. The first-order valence-corrected chi connectivity index (χ1v) is 16.2. The van der Waals surface area contributed by atoms with Crippen LogP contribution >= 0.6 is 11.3 Å². The summed E-state index contributed by atoms with van der Waals surface area (Å²) in [5, 5.41) is 7.73. The van der Waals surface area contributed by atoms with Crippen molar-refractivity contribution >= 4 is 75.1 Å². The molecule has 0 unspecified atom stereocenters. The fourth-order valence-corrected chi connectivity index (χ4v) is 8.64. The third kappa shape index (κ3) is 3.50. The summed E-state index contributed by atoms with van der Waals surface area (Å²) in [5.41, 5.74) is 9.75. The highest BCUT2D eigenvalue weighted by Gasteiger charge is 2.21. The highest BCUT2D eigenvalue weighted by atomic mass is 32.1. The second kappa shape index (κ2) is 9.43. The van der Waals surface area contributed by atoms with Gasteiger partial charge >= 0.3 is 0 Å². The van der Waals surface area contributed by atoms with E-state index < -0.39 is 0 Å². The van der Waals surface area contributed by atoms with E-state index in [-0.39, 0.29) is 0 Å². The maximum atomic E-state index is 2.46. The predicted molar refractivity (Wildman–Crippen MR) is 193 cm³/mol. The van der Waals surface area contributed by atoms with Gasteiger partial charge in [0.15, 0.2) is 0 Å². The first-order chi connectivity index (χ1) is 22.3. The van der Waals surface area contributed by atoms with Crippen molar-refractivity contribution in [2.24, 2.45) is 0 Å². The molecule has 0 atom stereocenters. The van der Waals surface area contributed by atoms with E-state index in [9.17, 15) is 0 Å². The number of rotatable bonds is 3. The molecule has 0 spiro atoms. The third-order valence-electron chi connectivity index (χ3n) is 9.31.